The van der Waals surface area contributed by atoms with E-state index >= 15 is 0 Å². The van der Waals surface area contributed by atoms with Gasteiger partial charge >= 0.3 is 5.97 Å². The summed E-state index contributed by atoms with van der Waals surface area (Å²) in [5.74, 6) is -1.00. The number of carboxylic acid groups (broad SMARTS) is 1. The predicted molar refractivity (Wildman–Crippen MR) is 77.7 cm³/mol. The highest BCUT2D eigenvalue weighted by Crippen LogP contribution is 2.57. The minimum Gasteiger partial charge on any atom is -0.481 e. The molecule has 0 spiro atoms. The summed E-state index contributed by atoms with van der Waals surface area (Å²) in [4.78, 5) is 25.2. The summed E-state index contributed by atoms with van der Waals surface area (Å²) >= 11 is 0. The van der Waals surface area contributed by atoms with Crippen LogP contribution < -0.4 is 5.73 Å². The number of carbonyl (C=O) groups excluding carboxylic acids is 1. The van der Waals surface area contributed by atoms with Crippen LogP contribution in [-0.2, 0) is 14.3 Å². The van der Waals surface area contributed by atoms with Gasteiger partial charge in [-0.15, -0.1) is 0 Å². The first kappa shape index (κ1) is 16.2. The van der Waals surface area contributed by atoms with Crippen molar-refractivity contribution in [2.75, 3.05) is 19.7 Å². The molecule has 1 saturated carbocycles. The molecule has 0 bridgehead atoms. The van der Waals surface area contributed by atoms with Crippen molar-refractivity contribution >= 4 is 11.9 Å². The number of nitrogens with two attached hydrogens (primary N) is 1. The Morgan fingerprint density at radius 3 is 2.67 bits per heavy atom. The molecule has 0 aromatic carbocycles. The fraction of sp³-hybridized carbons (Fsp3) is 0.867. The maximum Gasteiger partial charge on any atom is 0.305 e. The molecule has 3 unspecified atom stereocenters. The van der Waals surface area contributed by atoms with Crippen molar-refractivity contribution < 1.29 is 19.4 Å². The molecule has 120 valence electrons. The molecule has 0 radical (unpaired) electrons. The summed E-state index contributed by atoms with van der Waals surface area (Å²) in [5.41, 5.74) is 5.17. The van der Waals surface area contributed by atoms with Crippen molar-refractivity contribution in [3.63, 3.8) is 0 Å². The first-order valence-corrected chi connectivity index (χ1v) is 7.68. The number of likely N-dealkylation sites (N-methyl/N-ethyl adjacent to an activating group) is 1. The first-order chi connectivity index (χ1) is 9.76. The first-order valence-electron chi connectivity index (χ1n) is 7.68. The Hall–Kier alpha value is -1.14. The van der Waals surface area contributed by atoms with Gasteiger partial charge in [0.2, 0.25) is 5.91 Å². The van der Waals surface area contributed by atoms with Crippen LogP contribution in [0.15, 0.2) is 0 Å². The standard InChI is InChI=1S/C15H26N2O4/c1-4-17(8-7-11(18)19)13(20)15(16)10-6-5-9-21-12(10)14(15,2)3/h10,12H,4-9,16H2,1-3H3,(H,18,19). The third-order valence-electron chi connectivity index (χ3n) is 5.30. The fourth-order valence-electron chi connectivity index (χ4n) is 3.91. The topological polar surface area (TPSA) is 92.9 Å². The summed E-state index contributed by atoms with van der Waals surface area (Å²) in [6.45, 7) is 7.21. The van der Waals surface area contributed by atoms with Crippen LogP contribution in [0.1, 0.15) is 40.0 Å². The van der Waals surface area contributed by atoms with E-state index in [2.05, 4.69) is 0 Å². The molecule has 2 aliphatic rings. The van der Waals surface area contributed by atoms with Gasteiger partial charge in [-0.25, -0.2) is 0 Å². The molecule has 3 N–H and O–H groups in total. The van der Waals surface area contributed by atoms with Gasteiger partial charge in [0.25, 0.3) is 0 Å². The maximum atomic E-state index is 12.9. The van der Waals surface area contributed by atoms with E-state index in [0.29, 0.717) is 6.54 Å². The minimum absolute atomic E-state index is 0.0263. The van der Waals surface area contributed by atoms with Crippen LogP contribution in [0, 0.1) is 11.3 Å². The molecule has 1 aliphatic carbocycles. The van der Waals surface area contributed by atoms with Crippen molar-refractivity contribution in [3.05, 3.63) is 0 Å². The monoisotopic (exact) mass is 298 g/mol. The van der Waals surface area contributed by atoms with Gasteiger partial charge in [0.1, 0.15) is 5.54 Å². The lowest BCUT2D eigenvalue weighted by molar-refractivity contribution is -0.230. The van der Waals surface area contributed by atoms with Gasteiger partial charge in [-0.3, -0.25) is 9.59 Å². The van der Waals surface area contributed by atoms with Crippen LogP contribution in [0.5, 0.6) is 0 Å². The molecule has 6 heteroatoms. The Morgan fingerprint density at radius 1 is 1.43 bits per heavy atom. The van der Waals surface area contributed by atoms with Gasteiger partial charge < -0.3 is 20.5 Å². The Kier molecular flexibility index (Phi) is 4.31. The number of ether oxygens (including phenoxy) is 1. The lowest BCUT2D eigenvalue weighted by atomic mass is 9.46. The zero-order valence-corrected chi connectivity index (χ0v) is 13.1. The van der Waals surface area contributed by atoms with Crippen molar-refractivity contribution in [3.8, 4) is 0 Å². The van der Waals surface area contributed by atoms with E-state index < -0.39 is 16.9 Å². The van der Waals surface area contributed by atoms with Crippen LogP contribution in [0.3, 0.4) is 0 Å². The quantitative estimate of drug-likeness (QED) is 0.784. The minimum atomic E-state index is -0.952. The Bertz CT molecular complexity index is 437. The SMILES string of the molecule is CCN(CCC(=O)O)C(=O)C1(N)C2CCCOC2C1(C)C. The number of carboxylic acids is 1. The van der Waals surface area contributed by atoms with E-state index in [-0.39, 0.29) is 30.9 Å². The molecule has 0 aromatic rings. The number of amides is 1. The lowest BCUT2D eigenvalue weighted by Crippen LogP contribution is -2.82. The van der Waals surface area contributed by atoms with Crippen LogP contribution >= 0.6 is 0 Å². The summed E-state index contributed by atoms with van der Waals surface area (Å²) < 4.78 is 5.80. The average molecular weight is 298 g/mol. The number of nitrogens with zero attached hydrogens (tertiary/aromatic N) is 1. The summed E-state index contributed by atoms with van der Waals surface area (Å²) in [5, 5.41) is 8.81. The van der Waals surface area contributed by atoms with E-state index in [1.807, 2.05) is 20.8 Å². The maximum absolute atomic E-state index is 12.9. The van der Waals surface area contributed by atoms with Crippen LogP contribution in [-0.4, -0.2) is 53.2 Å². The number of hydrogen-bond acceptors (Lipinski definition) is 4. The molecule has 6 nitrogen and oxygen atoms in total. The van der Waals surface area contributed by atoms with Crippen LogP contribution in [0.2, 0.25) is 0 Å². The number of rotatable bonds is 5. The summed E-state index contributed by atoms with van der Waals surface area (Å²) in [7, 11) is 0. The Morgan fingerprint density at radius 2 is 2.10 bits per heavy atom. The molecule has 1 aliphatic heterocycles. The molecule has 3 atom stereocenters. The summed E-state index contributed by atoms with van der Waals surface area (Å²) in [6, 6.07) is 0. The normalized spacial score (nSPS) is 33.7. The zero-order chi connectivity index (χ0) is 15.8. The third kappa shape index (κ3) is 2.34. The predicted octanol–water partition coefficient (Wildman–Crippen LogP) is 0.842. The van der Waals surface area contributed by atoms with E-state index in [4.69, 9.17) is 15.6 Å². The van der Waals surface area contributed by atoms with Crippen LogP contribution in [0.4, 0.5) is 0 Å². The van der Waals surface area contributed by atoms with E-state index in [1.165, 1.54) is 0 Å². The van der Waals surface area contributed by atoms with Gasteiger partial charge in [-0.2, -0.15) is 0 Å². The van der Waals surface area contributed by atoms with E-state index in [1.54, 1.807) is 4.90 Å². The molecule has 1 saturated heterocycles. The zero-order valence-electron chi connectivity index (χ0n) is 13.1. The van der Waals surface area contributed by atoms with Gasteiger partial charge in [-0.1, -0.05) is 13.8 Å². The largest absolute Gasteiger partial charge is 0.481 e. The molecule has 0 aromatic heterocycles. The highest BCUT2D eigenvalue weighted by Gasteiger charge is 2.70. The second-order valence-corrected chi connectivity index (χ2v) is 6.66. The number of hydrogen-bond donors (Lipinski definition) is 2. The molecule has 1 heterocycles. The Labute approximate surface area is 125 Å². The second-order valence-electron chi connectivity index (χ2n) is 6.66. The Balaban J connectivity index is 2.17. The van der Waals surface area contributed by atoms with Crippen molar-refractivity contribution in [2.45, 2.75) is 51.7 Å². The van der Waals surface area contributed by atoms with Crippen molar-refractivity contribution in [2.24, 2.45) is 17.1 Å². The van der Waals surface area contributed by atoms with Gasteiger partial charge in [0.15, 0.2) is 0 Å². The molecular formula is C15H26N2O4. The summed E-state index contributed by atoms with van der Waals surface area (Å²) in [6.07, 6.45) is 1.79. The van der Waals surface area contributed by atoms with Crippen molar-refractivity contribution in [1.29, 1.82) is 0 Å². The highest BCUT2D eigenvalue weighted by molar-refractivity contribution is 5.89. The van der Waals surface area contributed by atoms with E-state index in [0.717, 1.165) is 19.4 Å². The number of fused-ring (bicyclic) bond motifs is 1. The van der Waals surface area contributed by atoms with Crippen molar-refractivity contribution in [1.82, 2.24) is 4.90 Å². The second kappa shape index (κ2) is 5.57. The fourth-order valence-corrected chi connectivity index (χ4v) is 3.91. The molecule has 2 fully saturated rings. The smallest absolute Gasteiger partial charge is 0.305 e. The lowest BCUT2D eigenvalue weighted by Gasteiger charge is -2.65. The molecular weight excluding hydrogens is 272 g/mol. The van der Waals surface area contributed by atoms with Gasteiger partial charge in [0, 0.05) is 31.0 Å². The average Bonchev–Trinajstić information content (AvgIpc) is 2.46. The van der Waals surface area contributed by atoms with Gasteiger partial charge in [-0.05, 0) is 19.8 Å². The van der Waals surface area contributed by atoms with E-state index in [9.17, 15) is 9.59 Å². The molecule has 21 heavy (non-hydrogen) atoms. The highest BCUT2D eigenvalue weighted by atomic mass is 16.5. The van der Waals surface area contributed by atoms with Crippen LogP contribution in [0.25, 0.3) is 0 Å². The molecule has 2 rings (SSSR count). The number of carbonyl (C=O) groups is 2. The van der Waals surface area contributed by atoms with Gasteiger partial charge in [0.05, 0.1) is 12.5 Å². The number of aliphatic carboxylic acids is 1. The third-order valence-corrected chi connectivity index (χ3v) is 5.30. The molecule has 1 amide bonds.